The number of carboxylic acid groups (broad SMARTS) is 1. The van der Waals surface area contributed by atoms with Crippen LogP contribution in [0.15, 0.2) is 109 Å². The molecule has 0 saturated heterocycles. The van der Waals surface area contributed by atoms with Crippen molar-refractivity contribution in [3.8, 4) is 29.1 Å². The van der Waals surface area contributed by atoms with Crippen LogP contribution < -0.4 is 9.47 Å². The number of carbonyl (C=O) groups excluding carboxylic acids is 2. The largest absolute Gasteiger partial charge is 0.481 e. The van der Waals surface area contributed by atoms with Crippen LogP contribution in [0.5, 0.6) is 23.0 Å². The van der Waals surface area contributed by atoms with Crippen molar-refractivity contribution < 1.29 is 29.0 Å². The van der Waals surface area contributed by atoms with Gasteiger partial charge in [-0.2, -0.15) is 5.26 Å². The molecule has 0 bridgehead atoms. The number of amides is 2. The average molecular weight is 688 g/mol. The van der Waals surface area contributed by atoms with Gasteiger partial charge in [-0.05, 0) is 79.4 Å². The molecule has 1 N–H and O–H groups in total. The molecule has 5 rings (SSSR count). The fourth-order valence-electron chi connectivity index (χ4n) is 7.16. The molecule has 0 spiro atoms. The summed E-state index contributed by atoms with van der Waals surface area (Å²) in [6.45, 7) is 6.89. The lowest BCUT2D eigenvalue weighted by Crippen LogP contribution is -2.68. The first kappa shape index (κ1) is 36.7. The predicted molar refractivity (Wildman–Crippen MR) is 194 cm³/mol. The second-order valence-electron chi connectivity index (χ2n) is 13.2. The third-order valence-corrected chi connectivity index (χ3v) is 9.67. The zero-order valence-electron chi connectivity index (χ0n) is 29.4. The molecule has 9 heteroatoms. The van der Waals surface area contributed by atoms with Gasteiger partial charge in [-0.25, -0.2) is 0 Å². The summed E-state index contributed by atoms with van der Waals surface area (Å²) in [6, 6.07) is 35.9. The molecule has 1 fully saturated rings. The first-order chi connectivity index (χ1) is 24.7. The van der Waals surface area contributed by atoms with Crippen LogP contribution in [0, 0.1) is 34.5 Å². The Morgan fingerprint density at radius 2 is 1.14 bits per heavy atom. The smallest absolute Gasteiger partial charge is 0.307 e. The van der Waals surface area contributed by atoms with Gasteiger partial charge in [0.2, 0.25) is 11.8 Å². The number of aliphatic carboxylic acids is 1. The summed E-state index contributed by atoms with van der Waals surface area (Å²) in [7, 11) is 0. The van der Waals surface area contributed by atoms with Crippen molar-refractivity contribution in [3.05, 3.63) is 120 Å². The average Bonchev–Trinajstić information content (AvgIpc) is 3.14. The number of rotatable bonds is 16. The Kier molecular flexibility index (Phi) is 12.1. The highest BCUT2D eigenvalue weighted by Crippen LogP contribution is 2.59. The third kappa shape index (κ3) is 8.41. The van der Waals surface area contributed by atoms with Gasteiger partial charge in [-0.1, -0.05) is 74.5 Å². The summed E-state index contributed by atoms with van der Waals surface area (Å²) in [4.78, 5) is 45.3. The van der Waals surface area contributed by atoms with Gasteiger partial charge in [-0.15, -0.1) is 0 Å². The first-order valence-electron chi connectivity index (χ1n) is 17.5. The maximum Gasteiger partial charge on any atom is 0.307 e. The Hall–Kier alpha value is -5.62. The Bertz CT molecular complexity index is 1810. The molecule has 264 valence electrons. The second kappa shape index (κ2) is 16.9. The first-order valence-corrected chi connectivity index (χ1v) is 17.5. The normalized spacial score (nSPS) is 19.2. The SMILES string of the molecule is CCCN(Cc1ccc(Oc2ccccc2)cc1)C(=O)C1C(C(=O)O)C(CC#N)C1(C)C(=O)N(CCC)Cc1ccc(Oc2ccccc2)cc1. The summed E-state index contributed by atoms with van der Waals surface area (Å²) in [6.07, 6.45) is 1.15. The van der Waals surface area contributed by atoms with Crippen molar-refractivity contribution in [2.24, 2.45) is 23.2 Å². The van der Waals surface area contributed by atoms with Crippen molar-refractivity contribution in [3.63, 3.8) is 0 Å². The summed E-state index contributed by atoms with van der Waals surface area (Å²) in [5.41, 5.74) is 0.320. The minimum Gasteiger partial charge on any atom is -0.481 e. The fourth-order valence-corrected chi connectivity index (χ4v) is 7.16. The topological polar surface area (TPSA) is 120 Å². The fraction of sp³-hybridized carbons (Fsp3) is 0.333. The Balaban J connectivity index is 1.38. The summed E-state index contributed by atoms with van der Waals surface area (Å²) in [5, 5.41) is 20.2. The number of nitriles is 1. The molecule has 0 radical (unpaired) electrons. The number of carboxylic acids is 1. The van der Waals surface area contributed by atoms with E-state index in [1.807, 2.05) is 123 Å². The van der Waals surface area contributed by atoms with E-state index < -0.39 is 35.0 Å². The highest BCUT2D eigenvalue weighted by atomic mass is 16.5. The number of hydrogen-bond acceptors (Lipinski definition) is 6. The van der Waals surface area contributed by atoms with E-state index in [4.69, 9.17) is 9.47 Å². The van der Waals surface area contributed by atoms with Gasteiger partial charge >= 0.3 is 5.97 Å². The van der Waals surface area contributed by atoms with E-state index in [1.54, 1.807) is 16.7 Å². The highest BCUT2D eigenvalue weighted by Gasteiger charge is 2.69. The summed E-state index contributed by atoms with van der Waals surface area (Å²) in [5.74, 6) is -2.27. The molecule has 4 aromatic rings. The van der Waals surface area contributed by atoms with Crippen molar-refractivity contribution in [1.82, 2.24) is 9.80 Å². The number of nitrogens with zero attached hydrogens (tertiary/aromatic N) is 3. The molecule has 0 heterocycles. The van der Waals surface area contributed by atoms with Gasteiger partial charge in [0, 0.05) is 38.5 Å². The van der Waals surface area contributed by atoms with Crippen LogP contribution in [0.1, 0.15) is 51.2 Å². The van der Waals surface area contributed by atoms with Crippen LogP contribution in [0.2, 0.25) is 0 Å². The minimum atomic E-state index is -1.39. The van der Waals surface area contributed by atoms with Crippen LogP contribution in [0.4, 0.5) is 0 Å². The molecule has 1 aliphatic rings. The lowest BCUT2D eigenvalue weighted by atomic mass is 9.45. The van der Waals surface area contributed by atoms with Crippen LogP contribution in [0.25, 0.3) is 0 Å². The maximum atomic E-state index is 14.7. The van der Waals surface area contributed by atoms with E-state index in [0.29, 0.717) is 48.9 Å². The molecular weight excluding hydrogens is 642 g/mol. The van der Waals surface area contributed by atoms with E-state index >= 15 is 0 Å². The highest BCUT2D eigenvalue weighted by molar-refractivity contribution is 5.97. The van der Waals surface area contributed by atoms with Crippen LogP contribution in [-0.4, -0.2) is 45.8 Å². The number of carbonyl (C=O) groups is 3. The molecule has 0 aliphatic heterocycles. The van der Waals surface area contributed by atoms with Crippen LogP contribution >= 0.6 is 0 Å². The molecule has 51 heavy (non-hydrogen) atoms. The zero-order valence-corrected chi connectivity index (χ0v) is 29.4. The summed E-state index contributed by atoms with van der Waals surface area (Å²) < 4.78 is 11.9. The molecule has 2 amide bonds. The van der Waals surface area contributed by atoms with Gasteiger partial charge in [0.25, 0.3) is 0 Å². The van der Waals surface area contributed by atoms with E-state index in [0.717, 1.165) is 11.1 Å². The van der Waals surface area contributed by atoms with Crippen molar-refractivity contribution in [2.45, 2.75) is 53.1 Å². The lowest BCUT2D eigenvalue weighted by Gasteiger charge is -2.57. The predicted octanol–water partition coefficient (Wildman–Crippen LogP) is 8.32. The molecule has 4 atom stereocenters. The molecule has 9 nitrogen and oxygen atoms in total. The quantitative estimate of drug-likeness (QED) is 0.126. The molecule has 1 saturated carbocycles. The van der Waals surface area contributed by atoms with E-state index in [2.05, 4.69) is 6.07 Å². The molecule has 4 unspecified atom stereocenters. The Labute approximate surface area is 300 Å². The van der Waals surface area contributed by atoms with Gasteiger partial charge in [0.05, 0.1) is 23.3 Å². The minimum absolute atomic E-state index is 0.148. The van der Waals surface area contributed by atoms with Crippen LogP contribution in [0.3, 0.4) is 0 Å². The van der Waals surface area contributed by atoms with Gasteiger partial charge in [0.15, 0.2) is 0 Å². The lowest BCUT2D eigenvalue weighted by molar-refractivity contribution is -0.196. The number of para-hydroxylation sites is 2. The molecule has 4 aromatic carbocycles. The van der Waals surface area contributed by atoms with Gasteiger partial charge in [-0.3, -0.25) is 14.4 Å². The Morgan fingerprint density at radius 1 is 0.706 bits per heavy atom. The maximum absolute atomic E-state index is 14.7. The van der Waals surface area contributed by atoms with E-state index in [9.17, 15) is 24.8 Å². The summed E-state index contributed by atoms with van der Waals surface area (Å²) >= 11 is 0. The van der Waals surface area contributed by atoms with Crippen molar-refractivity contribution >= 4 is 17.8 Å². The number of ether oxygens (including phenoxy) is 2. The molecular formula is C42H45N3O6. The standard InChI is InChI=1S/C42H45N3O6/c1-4-26-44(28-30-16-20-34(21-17-30)50-32-12-8-6-9-13-32)39(46)38-37(40(47)48)36(24-25-43)42(38,3)41(49)45(27-5-2)29-31-18-22-35(23-19-31)51-33-14-10-7-11-15-33/h6-23,36-38H,4-5,24,26-29H2,1-3H3,(H,47,48). The van der Waals surface area contributed by atoms with E-state index in [-0.39, 0.29) is 25.4 Å². The third-order valence-electron chi connectivity index (χ3n) is 9.67. The number of benzene rings is 4. The molecule has 1 aliphatic carbocycles. The van der Waals surface area contributed by atoms with Crippen molar-refractivity contribution in [2.75, 3.05) is 13.1 Å². The monoisotopic (exact) mass is 687 g/mol. The van der Waals surface area contributed by atoms with Crippen LogP contribution in [-0.2, 0) is 27.5 Å². The van der Waals surface area contributed by atoms with E-state index in [1.165, 1.54) is 0 Å². The Morgan fingerprint density at radius 3 is 1.57 bits per heavy atom. The number of hydrogen-bond donors (Lipinski definition) is 1. The van der Waals surface area contributed by atoms with Crippen molar-refractivity contribution in [1.29, 1.82) is 5.26 Å². The van der Waals surface area contributed by atoms with Gasteiger partial charge < -0.3 is 24.4 Å². The second-order valence-corrected chi connectivity index (χ2v) is 13.2. The molecule has 0 aromatic heterocycles. The van der Waals surface area contributed by atoms with Gasteiger partial charge in [0.1, 0.15) is 23.0 Å². The zero-order chi connectivity index (χ0) is 36.4.